The summed E-state index contributed by atoms with van der Waals surface area (Å²) in [5, 5.41) is 2.85. The monoisotopic (exact) mass is 232 g/mol. The molecule has 0 atom stereocenters. The Morgan fingerprint density at radius 2 is 2.29 bits per heavy atom. The zero-order chi connectivity index (χ0) is 12.3. The van der Waals surface area contributed by atoms with Gasteiger partial charge in [0.05, 0.1) is 0 Å². The Balaban J connectivity index is 2.10. The lowest BCUT2D eigenvalue weighted by atomic mass is 10.2. The van der Waals surface area contributed by atoms with Crippen molar-refractivity contribution < 1.29 is 9.21 Å². The van der Waals surface area contributed by atoms with Gasteiger partial charge in [-0.25, -0.2) is 4.98 Å². The van der Waals surface area contributed by atoms with Gasteiger partial charge in [-0.15, -0.1) is 0 Å². The molecule has 2 rings (SSSR count). The molecule has 1 aromatic carbocycles. The Morgan fingerprint density at radius 1 is 1.47 bits per heavy atom. The lowest BCUT2D eigenvalue weighted by Crippen LogP contribution is -2.10. The van der Waals surface area contributed by atoms with Crippen LogP contribution in [0.25, 0.3) is 11.1 Å². The van der Waals surface area contributed by atoms with Crippen molar-refractivity contribution in [2.24, 2.45) is 0 Å². The number of hydrogen-bond donors (Lipinski definition) is 1. The van der Waals surface area contributed by atoms with Gasteiger partial charge in [0.2, 0.25) is 5.91 Å². The number of rotatable bonds is 4. The Morgan fingerprint density at radius 3 is 3.06 bits per heavy atom. The van der Waals surface area contributed by atoms with Gasteiger partial charge in [-0.2, -0.15) is 0 Å². The molecule has 1 heterocycles. The lowest BCUT2D eigenvalue weighted by Gasteiger charge is -2.03. The molecule has 90 valence electrons. The summed E-state index contributed by atoms with van der Waals surface area (Å²) in [5.74, 6) is 0.678. The van der Waals surface area contributed by atoms with Crippen molar-refractivity contribution in [3.05, 3.63) is 24.1 Å². The summed E-state index contributed by atoms with van der Waals surface area (Å²) in [6.45, 7) is 3.87. The summed E-state index contributed by atoms with van der Waals surface area (Å²) in [7, 11) is 0. The van der Waals surface area contributed by atoms with Gasteiger partial charge in [0, 0.05) is 25.1 Å². The first kappa shape index (κ1) is 11.6. The maximum atomic E-state index is 11.6. The number of benzene rings is 1. The summed E-state index contributed by atoms with van der Waals surface area (Å²) in [4.78, 5) is 15.8. The third kappa shape index (κ3) is 2.84. The maximum absolute atomic E-state index is 11.6. The van der Waals surface area contributed by atoms with Gasteiger partial charge in [0.15, 0.2) is 11.5 Å². The van der Waals surface area contributed by atoms with Crippen LogP contribution in [0, 0.1) is 6.92 Å². The number of amides is 1. The molecule has 2 aromatic rings. The average Bonchev–Trinajstić information content (AvgIpc) is 2.65. The van der Waals surface area contributed by atoms with E-state index in [1.807, 2.05) is 12.1 Å². The van der Waals surface area contributed by atoms with E-state index < -0.39 is 0 Å². The quantitative estimate of drug-likeness (QED) is 0.880. The molecule has 0 bridgehead atoms. The van der Waals surface area contributed by atoms with Crippen LogP contribution < -0.4 is 5.32 Å². The Bertz CT molecular complexity index is 531. The van der Waals surface area contributed by atoms with Crippen LogP contribution in [-0.4, -0.2) is 10.9 Å². The predicted octanol–water partition coefficient (Wildman–Crippen LogP) is 3.26. The van der Waals surface area contributed by atoms with Gasteiger partial charge in [0.1, 0.15) is 5.52 Å². The Kier molecular flexibility index (Phi) is 3.42. The van der Waals surface area contributed by atoms with E-state index in [2.05, 4.69) is 17.2 Å². The van der Waals surface area contributed by atoms with Crippen LogP contribution in [0.3, 0.4) is 0 Å². The van der Waals surface area contributed by atoms with Crippen LogP contribution in [0.2, 0.25) is 0 Å². The number of oxazole rings is 1. The summed E-state index contributed by atoms with van der Waals surface area (Å²) >= 11 is 0. The first-order valence-corrected chi connectivity index (χ1v) is 5.86. The molecular formula is C13H16N2O2. The van der Waals surface area contributed by atoms with E-state index in [1.54, 1.807) is 13.0 Å². The van der Waals surface area contributed by atoms with Crippen LogP contribution in [0.1, 0.15) is 32.1 Å². The molecule has 0 aliphatic heterocycles. The molecule has 0 saturated heterocycles. The van der Waals surface area contributed by atoms with Crippen LogP contribution in [-0.2, 0) is 4.79 Å². The number of aromatic nitrogens is 1. The zero-order valence-corrected chi connectivity index (χ0v) is 10.1. The molecule has 0 fully saturated rings. The molecule has 4 heteroatoms. The molecule has 4 nitrogen and oxygen atoms in total. The number of nitrogens with one attached hydrogen (secondary N) is 1. The third-order valence-corrected chi connectivity index (χ3v) is 2.54. The van der Waals surface area contributed by atoms with Gasteiger partial charge >= 0.3 is 0 Å². The largest absolute Gasteiger partial charge is 0.441 e. The fourth-order valence-electron chi connectivity index (χ4n) is 1.68. The fraction of sp³-hybridized carbons (Fsp3) is 0.385. The third-order valence-electron chi connectivity index (χ3n) is 2.54. The number of carbonyl (C=O) groups excluding carboxylic acids is 1. The van der Waals surface area contributed by atoms with Crippen LogP contribution in [0.4, 0.5) is 5.69 Å². The van der Waals surface area contributed by atoms with Gasteiger partial charge in [0.25, 0.3) is 0 Å². The summed E-state index contributed by atoms with van der Waals surface area (Å²) in [6, 6.07) is 5.49. The molecule has 1 N–H and O–H groups in total. The summed E-state index contributed by atoms with van der Waals surface area (Å²) < 4.78 is 5.41. The number of hydrogen-bond acceptors (Lipinski definition) is 3. The molecule has 0 spiro atoms. The molecular weight excluding hydrogens is 216 g/mol. The molecule has 0 unspecified atom stereocenters. The van der Waals surface area contributed by atoms with E-state index in [1.165, 1.54) is 0 Å². The molecule has 0 aliphatic rings. The lowest BCUT2D eigenvalue weighted by molar-refractivity contribution is -0.116. The fourth-order valence-corrected chi connectivity index (χ4v) is 1.68. The normalized spacial score (nSPS) is 10.7. The Hall–Kier alpha value is -1.84. The molecule has 1 amide bonds. The number of unbranched alkanes of at least 4 members (excludes halogenated alkanes) is 1. The van der Waals surface area contributed by atoms with Crippen molar-refractivity contribution in [3.63, 3.8) is 0 Å². The number of fused-ring (bicyclic) bond motifs is 1. The first-order valence-electron chi connectivity index (χ1n) is 5.86. The zero-order valence-electron chi connectivity index (χ0n) is 10.1. The SMILES string of the molecule is CCCCC(=O)Nc1ccc2nc(C)oc2c1. The average molecular weight is 232 g/mol. The molecule has 0 saturated carbocycles. The van der Waals surface area contributed by atoms with Crippen molar-refractivity contribution in [2.45, 2.75) is 33.1 Å². The standard InChI is InChI=1S/C13H16N2O2/c1-3-4-5-13(16)15-10-6-7-11-12(8-10)17-9(2)14-11/h6-8H,3-5H2,1-2H3,(H,15,16). The van der Waals surface area contributed by atoms with Crippen LogP contribution in [0.15, 0.2) is 22.6 Å². The highest BCUT2D eigenvalue weighted by Gasteiger charge is 2.05. The van der Waals surface area contributed by atoms with Gasteiger partial charge in [-0.3, -0.25) is 4.79 Å². The van der Waals surface area contributed by atoms with Crippen molar-refractivity contribution >= 4 is 22.7 Å². The highest BCUT2D eigenvalue weighted by Crippen LogP contribution is 2.19. The summed E-state index contributed by atoms with van der Waals surface area (Å²) in [5.41, 5.74) is 2.28. The highest BCUT2D eigenvalue weighted by molar-refractivity contribution is 5.92. The van der Waals surface area contributed by atoms with Gasteiger partial charge < -0.3 is 9.73 Å². The van der Waals surface area contributed by atoms with Gasteiger partial charge in [-0.05, 0) is 18.6 Å². The molecule has 17 heavy (non-hydrogen) atoms. The molecule has 0 aliphatic carbocycles. The Labute approximate surface area is 100 Å². The highest BCUT2D eigenvalue weighted by atomic mass is 16.3. The topological polar surface area (TPSA) is 55.1 Å². The van der Waals surface area contributed by atoms with Crippen molar-refractivity contribution in [2.75, 3.05) is 5.32 Å². The molecule has 0 radical (unpaired) electrons. The van der Waals surface area contributed by atoms with Crippen molar-refractivity contribution in [1.29, 1.82) is 0 Å². The van der Waals surface area contributed by atoms with Crippen molar-refractivity contribution in [3.8, 4) is 0 Å². The smallest absolute Gasteiger partial charge is 0.224 e. The second-order valence-corrected chi connectivity index (χ2v) is 4.07. The second-order valence-electron chi connectivity index (χ2n) is 4.07. The second kappa shape index (κ2) is 4.99. The van der Waals surface area contributed by atoms with E-state index in [0.29, 0.717) is 17.9 Å². The predicted molar refractivity (Wildman–Crippen MR) is 66.9 cm³/mol. The number of aryl methyl sites for hydroxylation is 1. The van der Waals surface area contributed by atoms with Crippen molar-refractivity contribution in [1.82, 2.24) is 4.98 Å². The van der Waals surface area contributed by atoms with Crippen LogP contribution >= 0.6 is 0 Å². The minimum Gasteiger partial charge on any atom is -0.441 e. The minimum atomic E-state index is 0.0439. The maximum Gasteiger partial charge on any atom is 0.224 e. The first-order chi connectivity index (χ1) is 8.19. The van der Waals surface area contributed by atoms with E-state index >= 15 is 0 Å². The number of anilines is 1. The summed E-state index contributed by atoms with van der Waals surface area (Å²) in [6.07, 6.45) is 2.49. The number of nitrogens with zero attached hydrogens (tertiary/aromatic N) is 1. The van der Waals surface area contributed by atoms with E-state index in [4.69, 9.17) is 4.42 Å². The van der Waals surface area contributed by atoms with E-state index in [9.17, 15) is 4.79 Å². The van der Waals surface area contributed by atoms with E-state index in [-0.39, 0.29) is 5.91 Å². The van der Waals surface area contributed by atoms with E-state index in [0.717, 1.165) is 24.0 Å². The molecule has 1 aromatic heterocycles. The van der Waals surface area contributed by atoms with Crippen LogP contribution in [0.5, 0.6) is 0 Å². The minimum absolute atomic E-state index is 0.0439. The number of carbonyl (C=O) groups is 1. The van der Waals surface area contributed by atoms with Gasteiger partial charge in [-0.1, -0.05) is 13.3 Å².